The Morgan fingerprint density at radius 1 is 0.794 bits per heavy atom. The van der Waals surface area contributed by atoms with Crippen LogP contribution >= 0.6 is 22.7 Å². The van der Waals surface area contributed by atoms with Crippen molar-refractivity contribution < 1.29 is 33.1 Å². The van der Waals surface area contributed by atoms with E-state index in [1.165, 1.54) is 36.9 Å². The zero-order valence-corrected chi connectivity index (χ0v) is 21.5. The first-order chi connectivity index (χ1) is 16.2. The highest BCUT2D eigenvalue weighted by atomic mass is 32.1. The molecule has 11 heteroatoms. The quantitative estimate of drug-likeness (QED) is 0.417. The number of methoxy groups -OCH3 is 2. The van der Waals surface area contributed by atoms with Crippen LogP contribution in [0.15, 0.2) is 10.8 Å². The number of thiophene rings is 2. The minimum Gasteiger partial charge on any atom is -0.465 e. The molecule has 2 amide bonds. The van der Waals surface area contributed by atoms with Gasteiger partial charge in [-0.25, -0.2) is 9.59 Å². The molecule has 0 atom stereocenters. The molecule has 1 saturated heterocycles. The van der Waals surface area contributed by atoms with E-state index in [9.17, 15) is 19.2 Å². The number of nitrogens with zero attached hydrogens (tertiary/aromatic N) is 1. The van der Waals surface area contributed by atoms with E-state index in [1.807, 2.05) is 13.8 Å². The lowest BCUT2D eigenvalue weighted by molar-refractivity contribution is -0.917. The number of anilines is 2. The molecule has 34 heavy (non-hydrogen) atoms. The summed E-state index contributed by atoms with van der Waals surface area (Å²) in [6.45, 7) is 5.24. The van der Waals surface area contributed by atoms with E-state index in [1.54, 1.807) is 10.8 Å². The first kappa shape index (κ1) is 25.9. The van der Waals surface area contributed by atoms with Crippen LogP contribution in [0.1, 0.15) is 49.7 Å². The van der Waals surface area contributed by atoms with Gasteiger partial charge in [-0.2, -0.15) is 0 Å². The maximum absolute atomic E-state index is 13.1. The van der Waals surface area contributed by atoms with Crippen molar-refractivity contribution in [3.05, 3.63) is 31.6 Å². The van der Waals surface area contributed by atoms with Crippen molar-refractivity contribution in [3.8, 4) is 0 Å². The zero-order chi connectivity index (χ0) is 24.9. The zero-order valence-electron chi connectivity index (χ0n) is 19.8. The molecule has 0 aromatic carbocycles. The summed E-state index contributed by atoms with van der Waals surface area (Å²) in [7, 11) is 2.60. The van der Waals surface area contributed by atoms with Crippen LogP contribution in [-0.4, -0.2) is 68.6 Å². The number of ether oxygens (including phenoxy) is 2. The summed E-state index contributed by atoms with van der Waals surface area (Å²) in [5.41, 5.74) is 2.48. The van der Waals surface area contributed by atoms with Gasteiger partial charge in [0.15, 0.2) is 13.1 Å². The summed E-state index contributed by atoms with van der Waals surface area (Å²) in [6, 6.07) is 0. The van der Waals surface area contributed by atoms with E-state index in [2.05, 4.69) is 10.6 Å². The van der Waals surface area contributed by atoms with Crippen molar-refractivity contribution in [2.75, 3.05) is 51.0 Å². The summed E-state index contributed by atoms with van der Waals surface area (Å²) in [5, 5.41) is 9.33. The highest BCUT2D eigenvalue weighted by Gasteiger charge is 2.36. The average Bonchev–Trinajstić information content (AvgIpc) is 3.35. The highest BCUT2D eigenvalue weighted by Crippen LogP contribution is 2.30. The number of quaternary nitrogens is 1. The van der Waals surface area contributed by atoms with Crippen molar-refractivity contribution in [2.24, 2.45) is 0 Å². The number of rotatable bonds is 8. The van der Waals surface area contributed by atoms with Gasteiger partial charge in [-0.3, -0.25) is 9.59 Å². The van der Waals surface area contributed by atoms with Crippen LogP contribution in [0.25, 0.3) is 0 Å². The Hall–Kier alpha value is -2.76. The second-order valence-electron chi connectivity index (χ2n) is 8.49. The predicted molar refractivity (Wildman–Crippen MR) is 132 cm³/mol. The second kappa shape index (κ2) is 11.1. The number of amides is 2. The van der Waals surface area contributed by atoms with Crippen LogP contribution in [-0.2, 0) is 19.1 Å². The molecule has 1 fully saturated rings. The Labute approximate surface area is 206 Å². The van der Waals surface area contributed by atoms with Gasteiger partial charge in [0.2, 0.25) is 0 Å². The summed E-state index contributed by atoms with van der Waals surface area (Å²) in [6.07, 6.45) is 2.88. The molecule has 1 aliphatic rings. The van der Waals surface area contributed by atoms with E-state index < -0.39 is 11.9 Å². The summed E-state index contributed by atoms with van der Waals surface area (Å²) in [4.78, 5) is 50.9. The van der Waals surface area contributed by atoms with Crippen molar-refractivity contribution in [1.29, 1.82) is 0 Å². The lowest BCUT2D eigenvalue weighted by atomic mass is 10.1. The number of aryl methyl sites for hydroxylation is 2. The van der Waals surface area contributed by atoms with Crippen LogP contribution in [0.2, 0.25) is 0 Å². The molecule has 2 aromatic rings. The molecule has 0 unspecified atom stereocenters. The van der Waals surface area contributed by atoms with Gasteiger partial charge >= 0.3 is 11.9 Å². The van der Waals surface area contributed by atoms with Crippen LogP contribution in [0, 0.1) is 13.8 Å². The minimum atomic E-state index is -0.498. The Kier molecular flexibility index (Phi) is 8.45. The number of piperidine rings is 1. The standard InChI is InChI=1S/C23H29N3O6S2/c1-14-12-33-20(22(29)31-3)18(14)24-16(27)10-26(8-6-5-7-9-26)11-17(28)25-19-15(2)13-34-21(19)23(30)32-4/h12-13H,5-11H2,1-4H3,(H-,24,25,27,28,29,30)/p+1. The average molecular weight is 509 g/mol. The molecule has 0 bridgehead atoms. The van der Waals surface area contributed by atoms with Gasteiger partial charge in [-0.05, 0) is 55.0 Å². The second-order valence-corrected chi connectivity index (χ2v) is 10.3. The fourth-order valence-electron chi connectivity index (χ4n) is 4.21. The number of esters is 2. The number of carbonyl (C=O) groups is 4. The molecule has 0 saturated carbocycles. The molecule has 2 N–H and O–H groups in total. The van der Waals surface area contributed by atoms with Crippen molar-refractivity contribution in [3.63, 3.8) is 0 Å². The third-order valence-electron chi connectivity index (χ3n) is 5.94. The fraction of sp³-hybridized carbons (Fsp3) is 0.478. The summed E-state index contributed by atoms with van der Waals surface area (Å²) >= 11 is 2.44. The molecule has 1 aliphatic heterocycles. The van der Waals surface area contributed by atoms with E-state index in [4.69, 9.17) is 9.47 Å². The molecule has 0 spiro atoms. The van der Waals surface area contributed by atoms with Gasteiger partial charge in [0.1, 0.15) is 9.75 Å². The number of nitrogens with one attached hydrogen (secondary N) is 2. The maximum atomic E-state index is 13.1. The van der Waals surface area contributed by atoms with Crippen molar-refractivity contribution in [1.82, 2.24) is 0 Å². The Morgan fingerprint density at radius 2 is 1.21 bits per heavy atom. The molecule has 0 aliphatic carbocycles. The molecule has 3 heterocycles. The molecule has 3 rings (SSSR count). The van der Waals surface area contributed by atoms with Crippen molar-refractivity contribution >= 4 is 57.8 Å². The molecule has 9 nitrogen and oxygen atoms in total. The van der Waals surface area contributed by atoms with E-state index in [0.717, 1.165) is 30.4 Å². The van der Waals surface area contributed by atoms with Gasteiger partial charge in [-0.1, -0.05) is 0 Å². The maximum Gasteiger partial charge on any atom is 0.350 e. The molecular weight excluding hydrogens is 478 g/mol. The van der Waals surface area contributed by atoms with Gasteiger partial charge in [0.25, 0.3) is 11.8 Å². The van der Waals surface area contributed by atoms with E-state index in [-0.39, 0.29) is 24.9 Å². The Balaban J connectivity index is 1.75. The van der Waals surface area contributed by atoms with Gasteiger partial charge in [-0.15, -0.1) is 22.7 Å². The molecule has 2 aromatic heterocycles. The highest BCUT2D eigenvalue weighted by molar-refractivity contribution is 7.13. The smallest absolute Gasteiger partial charge is 0.350 e. The lowest BCUT2D eigenvalue weighted by Gasteiger charge is -2.40. The molecule has 0 radical (unpaired) electrons. The Morgan fingerprint density at radius 3 is 1.59 bits per heavy atom. The van der Waals surface area contributed by atoms with E-state index >= 15 is 0 Å². The van der Waals surface area contributed by atoms with Crippen molar-refractivity contribution in [2.45, 2.75) is 33.1 Å². The van der Waals surface area contributed by atoms with Crippen LogP contribution in [0.5, 0.6) is 0 Å². The third-order valence-corrected chi connectivity index (χ3v) is 8.10. The van der Waals surface area contributed by atoms with Gasteiger partial charge < -0.3 is 24.6 Å². The predicted octanol–water partition coefficient (Wildman–Crippen LogP) is 3.58. The van der Waals surface area contributed by atoms with Gasteiger partial charge in [0, 0.05) is 0 Å². The summed E-state index contributed by atoms with van der Waals surface area (Å²) < 4.78 is 9.95. The molecular formula is C23H30N3O6S2+. The molecule has 184 valence electrons. The van der Waals surface area contributed by atoms with Gasteiger partial charge in [0.05, 0.1) is 38.7 Å². The number of hydrogen-bond donors (Lipinski definition) is 2. The monoisotopic (exact) mass is 508 g/mol. The first-order valence-corrected chi connectivity index (χ1v) is 12.7. The number of hydrogen-bond acceptors (Lipinski definition) is 8. The Bertz CT molecular complexity index is 1010. The van der Waals surface area contributed by atoms with Crippen LogP contribution < -0.4 is 10.6 Å². The fourth-order valence-corrected chi connectivity index (χ4v) is 6.05. The minimum absolute atomic E-state index is 0.107. The SMILES string of the molecule is COC(=O)c1scc(C)c1NC(=O)C[N+]1(CC(=O)Nc2c(C)csc2C(=O)OC)CCCCC1. The third kappa shape index (κ3) is 5.83. The number of likely N-dealkylation sites (tertiary alicyclic amines) is 1. The topological polar surface area (TPSA) is 111 Å². The first-order valence-electron chi connectivity index (χ1n) is 11.0. The lowest BCUT2D eigenvalue weighted by Crippen LogP contribution is -2.58. The normalized spacial score (nSPS) is 14.8. The largest absolute Gasteiger partial charge is 0.465 e. The van der Waals surface area contributed by atoms with Crippen LogP contribution in [0.3, 0.4) is 0 Å². The van der Waals surface area contributed by atoms with Crippen LogP contribution in [0.4, 0.5) is 11.4 Å². The number of carbonyl (C=O) groups excluding carboxylic acids is 4. The summed E-state index contributed by atoms with van der Waals surface area (Å²) in [5.74, 6) is -1.52. The van der Waals surface area contributed by atoms with E-state index in [0.29, 0.717) is 38.7 Å².